The first-order chi connectivity index (χ1) is 31.9. The Morgan fingerprint density at radius 2 is 1.25 bits per heavy atom. The zero-order valence-electron chi connectivity index (χ0n) is 41.3. The van der Waals surface area contributed by atoms with Gasteiger partial charge >= 0.3 is 21.1 Å². The van der Waals surface area contributed by atoms with Gasteiger partial charge < -0.3 is 4.74 Å². The molecule has 0 saturated carbocycles. The second kappa shape index (κ2) is 18.7. The molecular weight excluding hydrogens is 998 g/mol. The van der Waals surface area contributed by atoms with Crippen LogP contribution < -0.4 is 4.74 Å². The van der Waals surface area contributed by atoms with E-state index in [4.69, 9.17) is 16.1 Å². The number of aryl methyl sites for hydroxylation is 2. The number of hydrogen-bond acceptors (Lipinski definition) is 3. The van der Waals surface area contributed by atoms with Crippen LogP contribution in [0.5, 0.6) is 5.75 Å². The van der Waals surface area contributed by atoms with E-state index in [0.717, 1.165) is 89.4 Å². The first kappa shape index (κ1) is 45.8. The standard InChI is InChI=1S/C62H59N3O.Pt/c1-39(2)46-26-29-56(53(37-46)45-24-27-50(28-25-45)61(5,6)7)65-57-19-15-18-52(58(57)64-60(65)54-33-40(3)32-41(4)59(54)66-11)48-34-49(36-51(35-48)62(8,9)10)55-38-47(30-31-63-55)44-22-20-43(21-23-44)42-16-13-12-14-17-42;/h12-33,35-39H,11H2,1-10H3;/q-2;+2/i39D;. The van der Waals surface area contributed by atoms with Crippen LogP contribution in [0.25, 0.3) is 83.9 Å². The Balaban J connectivity index is 0.00000625. The van der Waals surface area contributed by atoms with Gasteiger partial charge in [0.05, 0.1) is 28.0 Å². The summed E-state index contributed by atoms with van der Waals surface area (Å²) in [6.07, 6.45) is 1.90. The third-order valence-corrected chi connectivity index (χ3v) is 12.8. The van der Waals surface area contributed by atoms with Gasteiger partial charge in [0.1, 0.15) is 5.82 Å². The maximum atomic E-state index is 9.11. The SMILES string of the molecule is [2H]C(C)(C)c1ccc(-n2c(-c3cc(C)cc(C)c3O[CH2-])nc3c(-c4[c-]c(-c5cc(-c6ccc(-c7ccccc7)cc6)ccn5)cc(C(C)(C)C)c4)cccc32)c(-c2ccc(C(C)(C)C)cc2)c1.[Pt+2]. The molecule has 5 heteroatoms. The molecule has 2 aromatic heterocycles. The molecule has 9 rings (SSSR count). The first-order valence-electron chi connectivity index (χ1n) is 23.4. The fourth-order valence-corrected chi connectivity index (χ4v) is 9.01. The van der Waals surface area contributed by atoms with E-state index < -0.39 is 5.89 Å². The molecule has 0 aliphatic carbocycles. The number of rotatable bonds is 9. The van der Waals surface area contributed by atoms with Crippen LogP contribution in [-0.4, -0.2) is 14.5 Å². The number of aromatic nitrogens is 3. The van der Waals surface area contributed by atoms with Gasteiger partial charge in [-0.1, -0.05) is 176 Å². The van der Waals surface area contributed by atoms with Crippen molar-refractivity contribution < 1.29 is 27.2 Å². The van der Waals surface area contributed by atoms with Crippen molar-refractivity contribution in [3.8, 4) is 78.6 Å². The Bertz CT molecular complexity index is 3280. The molecule has 0 bridgehead atoms. The van der Waals surface area contributed by atoms with Gasteiger partial charge in [0, 0.05) is 18.8 Å². The van der Waals surface area contributed by atoms with E-state index in [1.807, 2.05) is 26.1 Å². The van der Waals surface area contributed by atoms with Gasteiger partial charge in [0.25, 0.3) is 0 Å². The normalized spacial score (nSPS) is 12.2. The van der Waals surface area contributed by atoms with Crippen LogP contribution in [0.4, 0.5) is 0 Å². The molecule has 0 radical (unpaired) electrons. The van der Waals surface area contributed by atoms with Gasteiger partial charge in [-0.25, -0.2) is 4.98 Å². The van der Waals surface area contributed by atoms with Crippen molar-refractivity contribution in [1.82, 2.24) is 14.5 Å². The number of pyridine rings is 1. The molecule has 0 amide bonds. The molecule has 0 atom stereocenters. The van der Waals surface area contributed by atoms with E-state index in [2.05, 4.69) is 219 Å². The van der Waals surface area contributed by atoms with E-state index in [-0.39, 0.29) is 31.9 Å². The molecule has 67 heavy (non-hydrogen) atoms. The quantitative estimate of drug-likeness (QED) is 0.135. The smallest absolute Gasteiger partial charge is 0.665 e. The number of para-hydroxylation sites is 1. The van der Waals surface area contributed by atoms with E-state index >= 15 is 0 Å². The first-order valence-corrected chi connectivity index (χ1v) is 22.9. The number of nitrogens with zero attached hydrogens (tertiary/aromatic N) is 3. The molecule has 338 valence electrons. The predicted molar refractivity (Wildman–Crippen MR) is 277 cm³/mol. The van der Waals surface area contributed by atoms with Crippen molar-refractivity contribution in [2.75, 3.05) is 0 Å². The molecule has 4 nitrogen and oxygen atoms in total. The topological polar surface area (TPSA) is 39.9 Å². The van der Waals surface area contributed by atoms with Gasteiger partial charge in [-0.15, -0.1) is 29.3 Å². The third-order valence-electron chi connectivity index (χ3n) is 12.8. The van der Waals surface area contributed by atoms with Crippen LogP contribution in [0.15, 0.2) is 158 Å². The maximum absolute atomic E-state index is 9.11. The van der Waals surface area contributed by atoms with Crippen LogP contribution >= 0.6 is 0 Å². The summed E-state index contributed by atoms with van der Waals surface area (Å²) < 4.78 is 17.3. The minimum Gasteiger partial charge on any atom is -0.665 e. The number of fused-ring (bicyclic) bond motifs is 1. The second-order valence-corrected chi connectivity index (χ2v) is 19.9. The van der Waals surface area contributed by atoms with Crippen molar-refractivity contribution in [3.63, 3.8) is 0 Å². The van der Waals surface area contributed by atoms with E-state index in [9.17, 15) is 0 Å². The monoisotopic (exact) mass is 1060 g/mol. The molecule has 0 spiro atoms. The second-order valence-electron chi connectivity index (χ2n) is 19.9. The molecular formula is C62H59N3OPt. The summed E-state index contributed by atoms with van der Waals surface area (Å²) in [6.45, 7) is 21.5. The Labute approximate surface area is 413 Å². The van der Waals surface area contributed by atoms with Crippen molar-refractivity contribution in [3.05, 3.63) is 199 Å². The minimum absolute atomic E-state index is 0. The average molecular weight is 1060 g/mol. The summed E-state index contributed by atoms with van der Waals surface area (Å²) in [5, 5.41) is 0. The van der Waals surface area contributed by atoms with Gasteiger partial charge in [0.2, 0.25) is 0 Å². The van der Waals surface area contributed by atoms with Gasteiger partial charge in [-0.2, -0.15) is 7.11 Å². The van der Waals surface area contributed by atoms with Crippen molar-refractivity contribution in [2.45, 2.75) is 86.0 Å². The van der Waals surface area contributed by atoms with Crippen molar-refractivity contribution in [1.29, 1.82) is 0 Å². The summed E-state index contributed by atoms with van der Waals surface area (Å²) >= 11 is 0. The molecule has 0 saturated heterocycles. The fourth-order valence-electron chi connectivity index (χ4n) is 9.01. The summed E-state index contributed by atoms with van der Waals surface area (Å²) in [6, 6.07) is 57.8. The predicted octanol–water partition coefficient (Wildman–Crippen LogP) is 16.7. The zero-order chi connectivity index (χ0) is 47.4. The number of hydrogen-bond donors (Lipinski definition) is 0. The molecule has 0 aliphatic rings. The van der Waals surface area contributed by atoms with Crippen molar-refractivity contribution >= 4 is 11.0 Å². The van der Waals surface area contributed by atoms with Crippen LogP contribution in [0.2, 0.25) is 0 Å². The Morgan fingerprint density at radius 1 is 0.612 bits per heavy atom. The largest absolute Gasteiger partial charge is 2.00 e. The van der Waals surface area contributed by atoms with Gasteiger partial charge in [-0.3, -0.25) is 9.55 Å². The third kappa shape index (κ3) is 9.47. The molecule has 0 unspecified atom stereocenters. The molecule has 0 fully saturated rings. The Hall–Kier alpha value is -6.35. The molecule has 7 aromatic carbocycles. The van der Waals surface area contributed by atoms with Crippen LogP contribution in [0.3, 0.4) is 0 Å². The number of ether oxygens (including phenoxy) is 1. The van der Waals surface area contributed by atoms with Crippen molar-refractivity contribution in [2.24, 2.45) is 0 Å². The van der Waals surface area contributed by atoms with Gasteiger partial charge in [0.15, 0.2) is 0 Å². The van der Waals surface area contributed by atoms with Crippen LogP contribution in [-0.2, 0) is 31.9 Å². The van der Waals surface area contributed by atoms with Crippen LogP contribution in [0.1, 0.15) is 90.5 Å². The maximum Gasteiger partial charge on any atom is 2.00 e. The number of benzene rings is 7. The molecule has 9 aromatic rings. The molecule has 0 aliphatic heterocycles. The average Bonchev–Trinajstić information content (AvgIpc) is 3.70. The molecule has 2 heterocycles. The fraction of sp³-hybridized carbons (Fsp3) is 0.210. The molecule has 0 N–H and O–H groups in total. The van der Waals surface area contributed by atoms with Gasteiger partial charge in [-0.05, 0) is 111 Å². The Morgan fingerprint density at radius 3 is 1.91 bits per heavy atom. The summed E-state index contributed by atoms with van der Waals surface area (Å²) in [4.78, 5) is 10.6. The Kier molecular flexibility index (Phi) is 12.8. The van der Waals surface area contributed by atoms with E-state index in [1.165, 1.54) is 22.3 Å². The summed E-state index contributed by atoms with van der Waals surface area (Å²) in [7, 11) is 3.93. The zero-order valence-corrected chi connectivity index (χ0v) is 42.6. The summed E-state index contributed by atoms with van der Waals surface area (Å²) in [5.41, 5.74) is 19.1. The summed E-state index contributed by atoms with van der Waals surface area (Å²) in [5.74, 6) is 0.590. The minimum atomic E-state index is -0.818. The number of imidazole rings is 1. The van der Waals surface area contributed by atoms with E-state index in [0.29, 0.717) is 5.75 Å². The van der Waals surface area contributed by atoms with E-state index in [1.54, 1.807) is 0 Å². The van der Waals surface area contributed by atoms with Crippen LogP contribution in [0, 0.1) is 27.0 Å².